The minimum atomic E-state index is 0.621. The SMILES string of the molecule is C[C@H](CCOc1nccn1C)[NH+](C)C. The summed E-state index contributed by atoms with van der Waals surface area (Å²) >= 11 is 0. The van der Waals surface area contributed by atoms with Gasteiger partial charge in [0.1, 0.15) is 0 Å². The maximum absolute atomic E-state index is 5.54. The van der Waals surface area contributed by atoms with E-state index in [0.717, 1.165) is 13.0 Å². The number of quaternary nitrogens is 1. The molecule has 1 rings (SSSR count). The summed E-state index contributed by atoms with van der Waals surface area (Å²) in [6.45, 7) is 2.95. The summed E-state index contributed by atoms with van der Waals surface area (Å²) in [5, 5.41) is 0. The monoisotopic (exact) mass is 198 g/mol. The zero-order valence-electron chi connectivity index (χ0n) is 9.45. The van der Waals surface area contributed by atoms with Gasteiger partial charge in [0.15, 0.2) is 0 Å². The van der Waals surface area contributed by atoms with E-state index in [9.17, 15) is 0 Å². The van der Waals surface area contributed by atoms with Crippen molar-refractivity contribution in [1.82, 2.24) is 9.55 Å². The normalized spacial score (nSPS) is 13.2. The molecule has 1 atom stereocenters. The molecule has 0 saturated heterocycles. The molecule has 0 fully saturated rings. The smallest absolute Gasteiger partial charge is 0.295 e. The number of imidazole rings is 1. The quantitative estimate of drug-likeness (QED) is 0.706. The van der Waals surface area contributed by atoms with E-state index in [1.165, 1.54) is 4.90 Å². The first kappa shape index (κ1) is 11.0. The maximum atomic E-state index is 5.54. The van der Waals surface area contributed by atoms with Crippen LogP contribution < -0.4 is 9.64 Å². The van der Waals surface area contributed by atoms with E-state index >= 15 is 0 Å². The highest BCUT2D eigenvalue weighted by Gasteiger charge is 2.08. The van der Waals surface area contributed by atoms with Crippen molar-refractivity contribution in [3.8, 4) is 6.01 Å². The van der Waals surface area contributed by atoms with Gasteiger partial charge in [0, 0.05) is 25.9 Å². The molecule has 0 spiro atoms. The molecule has 0 aromatic carbocycles. The van der Waals surface area contributed by atoms with Gasteiger partial charge in [0.05, 0.1) is 26.7 Å². The number of ether oxygens (including phenoxy) is 1. The van der Waals surface area contributed by atoms with Crippen LogP contribution in [0.25, 0.3) is 0 Å². The van der Waals surface area contributed by atoms with E-state index in [2.05, 4.69) is 26.0 Å². The van der Waals surface area contributed by atoms with Crippen LogP contribution in [0.4, 0.5) is 0 Å². The third kappa shape index (κ3) is 3.03. The van der Waals surface area contributed by atoms with E-state index in [1.54, 1.807) is 6.20 Å². The van der Waals surface area contributed by atoms with Crippen LogP contribution in [0.1, 0.15) is 13.3 Å². The van der Waals surface area contributed by atoms with E-state index in [1.807, 2.05) is 17.8 Å². The predicted octanol–water partition coefficient (Wildman–Crippen LogP) is -0.278. The molecular formula is C10H20N3O+. The van der Waals surface area contributed by atoms with Crippen molar-refractivity contribution >= 4 is 0 Å². The Morgan fingerprint density at radius 1 is 1.57 bits per heavy atom. The highest BCUT2D eigenvalue weighted by atomic mass is 16.5. The van der Waals surface area contributed by atoms with Crippen molar-refractivity contribution in [2.24, 2.45) is 7.05 Å². The standard InChI is InChI=1S/C10H19N3O/c1-9(12(2)3)5-8-14-10-11-6-7-13(10)4/h6-7,9H,5,8H2,1-4H3/p+1/t9-/m1/s1. The lowest BCUT2D eigenvalue weighted by atomic mass is 10.2. The fourth-order valence-electron chi connectivity index (χ4n) is 1.11. The fourth-order valence-corrected chi connectivity index (χ4v) is 1.11. The fraction of sp³-hybridized carbons (Fsp3) is 0.700. The number of hydrogen-bond donors (Lipinski definition) is 1. The number of nitrogens with zero attached hydrogens (tertiary/aromatic N) is 2. The molecule has 1 aromatic heterocycles. The van der Waals surface area contributed by atoms with Gasteiger partial charge in [-0.2, -0.15) is 0 Å². The van der Waals surface area contributed by atoms with Crippen LogP contribution in [0, 0.1) is 0 Å². The van der Waals surface area contributed by atoms with E-state index in [0.29, 0.717) is 12.1 Å². The van der Waals surface area contributed by atoms with Crippen molar-refractivity contribution in [1.29, 1.82) is 0 Å². The minimum absolute atomic E-state index is 0.621. The van der Waals surface area contributed by atoms with Crippen LogP contribution in [0.2, 0.25) is 0 Å². The lowest BCUT2D eigenvalue weighted by Gasteiger charge is -2.16. The Bertz CT molecular complexity index is 270. The van der Waals surface area contributed by atoms with E-state index < -0.39 is 0 Å². The topological polar surface area (TPSA) is 31.5 Å². The summed E-state index contributed by atoms with van der Waals surface area (Å²) in [5.74, 6) is 0. The number of aryl methyl sites for hydroxylation is 1. The molecule has 1 N–H and O–H groups in total. The second-order valence-electron chi connectivity index (χ2n) is 3.94. The van der Waals surface area contributed by atoms with Crippen molar-refractivity contribution < 1.29 is 9.64 Å². The molecule has 0 radical (unpaired) electrons. The van der Waals surface area contributed by atoms with Crippen LogP contribution in [-0.4, -0.2) is 36.3 Å². The third-order valence-corrected chi connectivity index (χ3v) is 2.54. The van der Waals surface area contributed by atoms with Crippen molar-refractivity contribution in [3.63, 3.8) is 0 Å². The van der Waals surface area contributed by atoms with Gasteiger partial charge in [-0.3, -0.25) is 0 Å². The highest BCUT2D eigenvalue weighted by Crippen LogP contribution is 2.04. The molecule has 4 nitrogen and oxygen atoms in total. The summed E-state index contributed by atoms with van der Waals surface area (Å²) < 4.78 is 7.42. The van der Waals surface area contributed by atoms with E-state index in [-0.39, 0.29) is 0 Å². The number of rotatable bonds is 5. The largest absolute Gasteiger partial charge is 0.464 e. The Balaban J connectivity index is 2.25. The Morgan fingerprint density at radius 3 is 2.79 bits per heavy atom. The average molecular weight is 198 g/mol. The number of aromatic nitrogens is 2. The molecule has 0 saturated carbocycles. The highest BCUT2D eigenvalue weighted by molar-refractivity contribution is 4.96. The maximum Gasteiger partial charge on any atom is 0.295 e. The first-order chi connectivity index (χ1) is 6.61. The molecule has 0 aliphatic heterocycles. The summed E-state index contributed by atoms with van der Waals surface area (Å²) in [6, 6.07) is 1.32. The Kier molecular flexibility index (Phi) is 3.95. The van der Waals surface area contributed by atoms with Crippen LogP contribution >= 0.6 is 0 Å². The molecule has 14 heavy (non-hydrogen) atoms. The van der Waals surface area contributed by atoms with Crippen molar-refractivity contribution in [2.75, 3.05) is 20.7 Å². The first-order valence-electron chi connectivity index (χ1n) is 5.01. The lowest BCUT2D eigenvalue weighted by molar-refractivity contribution is -0.883. The van der Waals surface area contributed by atoms with Gasteiger partial charge < -0.3 is 14.2 Å². The summed E-state index contributed by atoms with van der Waals surface area (Å²) in [6.07, 6.45) is 4.68. The second-order valence-corrected chi connectivity index (χ2v) is 3.94. The van der Waals surface area contributed by atoms with Gasteiger partial charge in [-0.1, -0.05) is 0 Å². The zero-order chi connectivity index (χ0) is 10.6. The van der Waals surface area contributed by atoms with Crippen LogP contribution in [0.15, 0.2) is 12.4 Å². The van der Waals surface area contributed by atoms with Gasteiger partial charge >= 0.3 is 0 Å². The van der Waals surface area contributed by atoms with Gasteiger partial charge in [0.2, 0.25) is 0 Å². The van der Waals surface area contributed by atoms with E-state index in [4.69, 9.17) is 4.74 Å². The molecule has 4 heteroatoms. The Hall–Kier alpha value is -1.03. The Labute approximate surface area is 85.5 Å². The first-order valence-corrected chi connectivity index (χ1v) is 5.01. The number of nitrogens with one attached hydrogen (secondary N) is 1. The average Bonchev–Trinajstić information content (AvgIpc) is 2.51. The van der Waals surface area contributed by atoms with Crippen molar-refractivity contribution in [2.45, 2.75) is 19.4 Å². The molecule has 0 bridgehead atoms. The number of hydrogen-bond acceptors (Lipinski definition) is 2. The molecular weight excluding hydrogens is 178 g/mol. The summed E-state index contributed by atoms with van der Waals surface area (Å²) in [7, 11) is 6.25. The summed E-state index contributed by atoms with van der Waals surface area (Å²) in [5.41, 5.74) is 0. The molecule has 0 unspecified atom stereocenters. The second kappa shape index (κ2) is 5.00. The lowest BCUT2D eigenvalue weighted by Crippen LogP contribution is -3.09. The van der Waals surface area contributed by atoms with Gasteiger partial charge in [-0.05, 0) is 6.92 Å². The molecule has 0 aliphatic carbocycles. The van der Waals surface area contributed by atoms with Crippen LogP contribution in [0.5, 0.6) is 6.01 Å². The van der Waals surface area contributed by atoms with Gasteiger partial charge in [0.25, 0.3) is 6.01 Å². The van der Waals surface area contributed by atoms with Gasteiger partial charge in [-0.25, -0.2) is 4.98 Å². The van der Waals surface area contributed by atoms with Gasteiger partial charge in [-0.15, -0.1) is 0 Å². The Morgan fingerprint density at radius 2 is 2.29 bits per heavy atom. The summed E-state index contributed by atoms with van der Waals surface area (Å²) in [4.78, 5) is 5.54. The zero-order valence-corrected chi connectivity index (χ0v) is 9.45. The van der Waals surface area contributed by atoms with Crippen molar-refractivity contribution in [3.05, 3.63) is 12.4 Å². The molecule has 80 valence electrons. The predicted molar refractivity (Wildman–Crippen MR) is 55.6 cm³/mol. The third-order valence-electron chi connectivity index (χ3n) is 2.54. The molecule has 1 heterocycles. The minimum Gasteiger partial charge on any atom is -0.464 e. The van der Waals surface area contributed by atoms with Crippen LogP contribution in [0.3, 0.4) is 0 Å². The molecule has 0 amide bonds. The van der Waals surface area contributed by atoms with Crippen LogP contribution in [-0.2, 0) is 7.05 Å². The molecule has 0 aliphatic rings. The molecule has 1 aromatic rings.